The summed E-state index contributed by atoms with van der Waals surface area (Å²) in [5, 5.41) is 22.4. The van der Waals surface area contributed by atoms with Gasteiger partial charge in [-0.25, -0.2) is 4.98 Å². The van der Waals surface area contributed by atoms with E-state index in [0.29, 0.717) is 6.04 Å². The molecule has 3 rings (SSSR count). The summed E-state index contributed by atoms with van der Waals surface area (Å²) in [5.74, 6) is -4.37. The Hall–Kier alpha value is -2.19. The molecule has 1 aromatic heterocycles. The van der Waals surface area contributed by atoms with Crippen molar-refractivity contribution in [3.63, 3.8) is 0 Å². The maximum absolute atomic E-state index is 8.93. The zero-order valence-electron chi connectivity index (χ0n) is 11.9. The van der Waals surface area contributed by atoms with Gasteiger partial charge in [0.05, 0.1) is 22.2 Å². The second-order valence-corrected chi connectivity index (χ2v) is 5.81. The summed E-state index contributed by atoms with van der Waals surface area (Å²) in [6, 6.07) is 8.93. The molecule has 118 valence electrons. The van der Waals surface area contributed by atoms with Crippen molar-refractivity contribution in [2.45, 2.75) is 12.5 Å². The Balaban J connectivity index is 0.000000254. The van der Waals surface area contributed by atoms with E-state index in [1.807, 2.05) is 6.07 Å². The number of fused-ring (bicyclic) bond motifs is 1. The van der Waals surface area contributed by atoms with Crippen LogP contribution >= 0.6 is 11.3 Å². The van der Waals surface area contributed by atoms with Gasteiger partial charge in [-0.1, -0.05) is 23.5 Å². The summed E-state index contributed by atoms with van der Waals surface area (Å²) in [6.07, 6.45) is 1.21. The van der Waals surface area contributed by atoms with E-state index in [9.17, 15) is 0 Å². The maximum atomic E-state index is 8.93. The first kappa shape index (κ1) is 16.2. The van der Waals surface area contributed by atoms with Crippen LogP contribution in [-0.4, -0.2) is 43.1 Å². The van der Waals surface area contributed by atoms with Crippen molar-refractivity contribution >= 4 is 38.6 Å². The van der Waals surface area contributed by atoms with Crippen LogP contribution in [0.2, 0.25) is 0 Å². The van der Waals surface area contributed by atoms with Crippen LogP contribution in [0.4, 0.5) is 5.13 Å². The highest BCUT2D eigenvalue weighted by atomic mass is 32.1. The highest BCUT2D eigenvalue weighted by Gasteiger charge is 2.21. The number of para-hydroxylation sites is 1. The average Bonchev–Trinajstić information content (AvgIpc) is 3.16. The number of anilines is 1. The number of aliphatic carboxylic acids is 2. The monoisotopic (exact) mass is 321 g/mol. The molecule has 0 aliphatic carbocycles. The van der Waals surface area contributed by atoms with E-state index in [4.69, 9.17) is 19.8 Å². The number of hydrogen-bond donors (Lipinski definition) is 1. The number of nitrogens with one attached hydrogen (secondary N) is 1. The second-order valence-electron chi connectivity index (χ2n) is 4.80. The summed E-state index contributed by atoms with van der Waals surface area (Å²) >= 11 is 1.78. The molecular weight excluding hydrogens is 306 g/mol. The summed E-state index contributed by atoms with van der Waals surface area (Å²) in [5.41, 5.74) is 1.11. The van der Waals surface area contributed by atoms with E-state index in [0.717, 1.165) is 23.7 Å². The molecule has 1 fully saturated rings. The SMILES string of the molecule is CN(c1nc2ccccc2s1)C1CCNC1.O=C([O-])C(=O)[O-]. The van der Waals surface area contributed by atoms with Gasteiger partial charge in [0.2, 0.25) is 0 Å². The molecule has 1 aromatic carbocycles. The Kier molecular flexibility index (Phi) is 5.29. The third-order valence-electron chi connectivity index (χ3n) is 3.33. The smallest absolute Gasteiger partial charge is 0.186 e. The van der Waals surface area contributed by atoms with Crippen LogP contribution in [0, 0.1) is 0 Å². The molecule has 22 heavy (non-hydrogen) atoms. The lowest BCUT2D eigenvalue weighted by Crippen LogP contribution is -2.42. The van der Waals surface area contributed by atoms with Crippen LogP contribution in [0.25, 0.3) is 10.2 Å². The second kappa shape index (κ2) is 7.19. The number of likely N-dealkylation sites (N-methyl/N-ethyl adjacent to an activating group) is 1. The molecule has 0 bridgehead atoms. The maximum Gasteiger partial charge on any atom is 0.186 e. The molecular formula is C14H15N3O4S-2. The first-order valence-corrected chi connectivity index (χ1v) is 7.52. The van der Waals surface area contributed by atoms with Crippen LogP contribution in [0.3, 0.4) is 0 Å². The number of nitrogens with zero attached hydrogens (tertiary/aromatic N) is 2. The predicted octanol–water partition coefficient (Wildman–Crippen LogP) is -1.42. The van der Waals surface area contributed by atoms with Gasteiger partial charge in [0, 0.05) is 19.6 Å². The van der Waals surface area contributed by atoms with Gasteiger partial charge in [-0.3, -0.25) is 0 Å². The number of thiazole rings is 1. The Bertz CT molecular complexity index is 622. The van der Waals surface area contributed by atoms with E-state index in [-0.39, 0.29) is 0 Å². The minimum Gasteiger partial charge on any atom is -0.543 e. The average molecular weight is 321 g/mol. The summed E-state index contributed by atoms with van der Waals surface area (Å²) in [7, 11) is 2.15. The van der Waals surface area contributed by atoms with Gasteiger partial charge in [-0.05, 0) is 25.1 Å². The van der Waals surface area contributed by atoms with Crippen molar-refractivity contribution in [3.8, 4) is 0 Å². The van der Waals surface area contributed by atoms with Crippen molar-refractivity contribution in [2.24, 2.45) is 0 Å². The molecule has 1 unspecified atom stereocenters. The Labute approximate surface area is 131 Å². The first-order valence-electron chi connectivity index (χ1n) is 6.70. The van der Waals surface area contributed by atoms with Crippen molar-refractivity contribution in [1.29, 1.82) is 0 Å². The van der Waals surface area contributed by atoms with E-state index >= 15 is 0 Å². The third-order valence-corrected chi connectivity index (χ3v) is 4.46. The van der Waals surface area contributed by atoms with Gasteiger partial charge in [0.25, 0.3) is 0 Å². The van der Waals surface area contributed by atoms with Crippen molar-refractivity contribution in [2.75, 3.05) is 25.0 Å². The van der Waals surface area contributed by atoms with Gasteiger partial charge in [-0.15, -0.1) is 0 Å². The fraction of sp³-hybridized carbons (Fsp3) is 0.357. The van der Waals surface area contributed by atoms with Gasteiger partial charge in [-0.2, -0.15) is 0 Å². The van der Waals surface area contributed by atoms with Gasteiger partial charge >= 0.3 is 0 Å². The predicted molar refractivity (Wildman–Crippen MR) is 79.3 cm³/mol. The summed E-state index contributed by atoms with van der Waals surface area (Å²) in [4.78, 5) is 24.8. The molecule has 0 amide bonds. The minimum absolute atomic E-state index is 0.598. The molecule has 1 N–H and O–H groups in total. The van der Waals surface area contributed by atoms with Crippen LogP contribution in [0.5, 0.6) is 0 Å². The standard InChI is InChI=1S/C12H15N3S.C2H2O4/c1-15(9-6-7-13-8-9)12-14-10-4-2-3-5-11(10)16-12;3-1(4)2(5)6/h2-5,9,13H,6-8H2,1H3;(H,3,4)(H,5,6)/p-2. The number of carboxylic acids is 2. The number of carbonyl (C=O) groups excluding carboxylic acids is 2. The first-order chi connectivity index (χ1) is 10.5. The van der Waals surface area contributed by atoms with E-state index in [2.05, 4.69) is 40.4 Å². The van der Waals surface area contributed by atoms with E-state index < -0.39 is 11.9 Å². The molecule has 1 aliphatic rings. The van der Waals surface area contributed by atoms with Crippen molar-refractivity contribution < 1.29 is 19.8 Å². The molecule has 1 atom stereocenters. The minimum atomic E-state index is -2.19. The molecule has 2 heterocycles. The number of hydrogen-bond acceptors (Lipinski definition) is 8. The lowest BCUT2D eigenvalue weighted by molar-refractivity contribution is -0.345. The molecule has 0 spiro atoms. The normalized spacial score (nSPS) is 16.9. The largest absolute Gasteiger partial charge is 0.543 e. The van der Waals surface area contributed by atoms with Crippen LogP contribution in [-0.2, 0) is 9.59 Å². The van der Waals surface area contributed by atoms with Crippen molar-refractivity contribution in [3.05, 3.63) is 24.3 Å². The van der Waals surface area contributed by atoms with Gasteiger partial charge < -0.3 is 30.0 Å². The third kappa shape index (κ3) is 3.92. The van der Waals surface area contributed by atoms with Gasteiger partial charge in [0.15, 0.2) is 5.13 Å². The number of aromatic nitrogens is 1. The van der Waals surface area contributed by atoms with Crippen LogP contribution < -0.4 is 20.4 Å². The fourth-order valence-corrected chi connectivity index (χ4v) is 3.14. The Morgan fingerprint density at radius 1 is 1.32 bits per heavy atom. The summed E-state index contributed by atoms with van der Waals surface area (Å²) in [6.45, 7) is 2.20. The Morgan fingerprint density at radius 3 is 2.55 bits per heavy atom. The molecule has 7 nitrogen and oxygen atoms in total. The Morgan fingerprint density at radius 2 is 2.00 bits per heavy atom. The molecule has 0 radical (unpaired) electrons. The number of benzene rings is 1. The van der Waals surface area contributed by atoms with Crippen LogP contribution in [0.1, 0.15) is 6.42 Å². The lowest BCUT2D eigenvalue weighted by atomic mass is 10.2. The zero-order valence-corrected chi connectivity index (χ0v) is 12.8. The topological polar surface area (TPSA) is 108 Å². The molecule has 1 aliphatic heterocycles. The molecule has 2 aromatic rings. The number of rotatable bonds is 2. The van der Waals surface area contributed by atoms with Gasteiger partial charge in [0.1, 0.15) is 0 Å². The van der Waals surface area contributed by atoms with E-state index in [1.54, 1.807) is 11.3 Å². The highest BCUT2D eigenvalue weighted by Crippen LogP contribution is 2.29. The number of carbonyl (C=O) groups is 2. The zero-order chi connectivity index (χ0) is 16.1. The quantitative estimate of drug-likeness (QED) is 0.676. The summed E-state index contributed by atoms with van der Waals surface area (Å²) < 4.78 is 1.27. The lowest BCUT2D eigenvalue weighted by Gasteiger charge is -2.22. The van der Waals surface area contributed by atoms with Crippen molar-refractivity contribution in [1.82, 2.24) is 10.3 Å². The van der Waals surface area contributed by atoms with E-state index in [1.165, 1.54) is 11.1 Å². The molecule has 8 heteroatoms. The van der Waals surface area contributed by atoms with Crippen LogP contribution in [0.15, 0.2) is 24.3 Å². The molecule has 1 saturated heterocycles. The highest BCUT2D eigenvalue weighted by molar-refractivity contribution is 7.22. The number of carboxylic acid groups (broad SMARTS) is 2. The fourth-order valence-electron chi connectivity index (χ4n) is 2.14. The molecule has 0 saturated carbocycles.